The number of aliphatic hydroxyl groups is 1. The molecular formula is C17H17NO2. The van der Waals surface area contributed by atoms with Crippen molar-refractivity contribution in [3.05, 3.63) is 64.2 Å². The lowest BCUT2D eigenvalue weighted by Gasteiger charge is -2.24. The Kier molecular flexibility index (Phi) is 2.69. The molecule has 1 heterocycles. The predicted octanol–water partition coefficient (Wildman–Crippen LogP) is 2.80. The molecular weight excluding hydrogens is 250 g/mol. The average Bonchev–Trinajstić information content (AvgIpc) is 2.67. The van der Waals surface area contributed by atoms with Gasteiger partial charge in [0.05, 0.1) is 0 Å². The Morgan fingerprint density at radius 2 is 1.60 bits per heavy atom. The Labute approximate surface area is 118 Å². The maximum absolute atomic E-state index is 12.3. The predicted molar refractivity (Wildman–Crippen MR) is 78.7 cm³/mol. The monoisotopic (exact) mass is 267 g/mol. The molecule has 3 rings (SSSR count). The largest absolute Gasteiger partial charge is 0.372 e. The van der Waals surface area contributed by atoms with Crippen molar-refractivity contribution in [2.45, 2.75) is 26.4 Å². The molecule has 0 spiro atoms. The van der Waals surface area contributed by atoms with Gasteiger partial charge in [-0.3, -0.25) is 4.79 Å². The fourth-order valence-corrected chi connectivity index (χ4v) is 2.86. The summed E-state index contributed by atoms with van der Waals surface area (Å²) in [6.07, 6.45) is 0. The minimum Gasteiger partial charge on any atom is -0.372 e. The quantitative estimate of drug-likeness (QED) is 0.834. The lowest BCUT2D eigenvalue weighted by Crippen LogP contribution is -2.36. The molecule has 1 aliphatic heterocycles. The van der Waals surface area contributed by atoms with Gasteiger partial charge in [-0.2, -0.15) is 0 Å². The van der Waals surface area contributed by atoms with Gasteiger partial charge in [-0.05, 0) is 43.5 Å². The topological polar surface area (TPSA) is 49.3 Å². The molecule has 20 heavy (non-hydrogen) atoms. The number of fused-ring (bicyclic) bond motifs is 1. The summed E-state index contributed by atoms with van der Waals surface area (Å²) >= 11 is 0. The molecule has 0 bridgehead atoms. The summed E-state index contributed by atoms with van der Waals surface area (Å²) in [6.45, 7) is 5.94. The summed E-state index contributed by atoms with van der Waals surface area (Å²) in [5.74, 6) is -0.384. The fourth-order valence-electron chi connectivity index (χ4n) is 2.86. The van der Waals surface area contributed by atoms with Crippen LogP contribution in [0, 0.1) is 20.8 Å². The number of hydrogen-bond acceptors (Lipinski definition) is 2. The highest BCUT2D eigenvalue weighted by Crippen LogP contribution is 2.42. The van der Waals surface area contributed by atoms with Crippen molar-refractivity contribution in [1.29, 1.82) is 0 Å². The number of carbonyl (C=O) groups is 1. The van der Waals surface area contributed by atoms with Crippen LogP contribution in [0.1, 0.15) is 27.8 Å². The number of aryl methyl sites for hydroxylation is 3. The fraction of sp³-hybridized carbons (Fsp3) is 0.235. The van der Waals surface area contributed by atoms with Gasteiger partial charge in [0.25, 0.3) is 5.91 Å². The van der Waals surface area contributed by atoms with Crippen molar-refractivity contribution in [2.75, 3.05) is 5.32 Å². The van der Waals surface area contributed by atoms with E-state index >= 15 is 0 Å². The van der Waals surface area contributed by atoms with Gasteiger partial charge < -0.3 is 10.4 Å². The Morgan fingerprint density at radius 3 is 2.35 bits per heavy atom. The number of para-hydroxylation sites is 1. The van der Waals surface area contributed by atoms with Crippen molar-refractivity contribution in [3.63, 3.8) is 0 Å². The smallest absolute Gasteiger partial charge is 0.265 e. The van der Waals surface area contributed by atoms with E-state index in [2.05, 4.69) is 5.32 Å². The zero-order valence-corrected chi connectivity index (χ0v) is 11.8. The summed E-state index contributed by atoms with van der Waals surface area (Å²) < 4.78 is 0. The number of carbonyl (C=O) groups excluding carboxylic acids is 1. The van der Waals surface area contributed by atoms with E-state index in [1.165, 1.54) is 0 Å². The first-order valence-electron chi connectivity index (χ1n) is 6.66. The average molecular weight is 267 g/mol. The number of hydrogen-bond donors (Lipinski definition) is 2. The van der Waals surface area contributed by atoms with Crippen molar-refractivity contribution < 1.29 is 9.90 Å². The van der Waals surface area contributed by atoms with Gasteiger partial charge in [0.2, 0.25) is 0 Å². The highest BCUT2D eigenvalue weighted by Gasteiger charge is 2.47. The first kappa shape index (κ1) is 12.9. The van der Waals surface area contributed by atoms with Gasteiger partial charge in [-0.1, -0.05) is 30.3 Å². The van der Waals surface area contributed by atoms with Crippen LogP contribution in [-0.2, 0) is 10.4 Å². The van der Waals surface area contributed by atoms with Gasteiger partial charge >= 0.3 is 0 Å². The van der Waals surface area contributed by atoms with E-state index < -0.39 is 5.60 Å². The molecule has 1 amide bonds. The van der Waals surface area contributed by atoms with Crippen LogP contribution < -0.4 is 5.32 Å². The van der Waals surface area contributed by atoms with Crippen molar-refractivity contribution in [2.24, 2.45) is 0 Å². The molecule has 0 saturated heterocycles. The lowest BCUT2D eigenvalue weighted by atomic mass is 9.83. The van der Waals surface area contributed by atoms with E-state index in [4.69, 9.17) is 0 Å². The number of anilines is 1. The number of benzene rings is 2. The van der Waals surface area contributed by atoms with Crippen LogP contribution in [0.25, 0.3) is 0 Å². The molecule has 1 unspecified atom stereocenters. The molecule has 1 aliphatic rings. The Balaban J connectivity index is 2.28. The maximum atomic E-state index is 12.3. The first-order valence-corrected chi connectivity index (χ1v) is 6.66. The van der Waals surface area contributed by atoms with Crippen LogP contribution in [0.4, 0.5) is 5.69 Å². The van der Waals surface area contributed by atoms with Gasteiger partial charge in [0, 0.05) is 16.8 Å². The Bertz CT molecular complexity index is 721. The standard InChI is InChI=1S/C17H17NO2/c1-10-8-12(3)14(9-11(10)2)17(20)13-6-4-5-7-15(13)18-16(17)19/h4-9,20H,1-3H3,(H,18,19). The zero-order chi connectivity index (χ0) is 14.5. The number of rotatable bonds is 1. The summed E-state index contributed by atoms with van der Waals surface area (Å²) in [4.78, 5) is 12.3. The summed E-state index contributed by atoms with van der Waals surface area (Å²) in [6, 6.07) is 11.2. The van der Waals surface area contributed by atoms with Gasteiger partial charge in [0.15, 0.2) is 5.60 Å². The first-order chi connectivity index (χ1) is 9.44. The van der Waals surface area contributed by atoms with Crippen LogP contribution in [0.5, 0.6) is 0 Å². The molecule has 102 valence electrons. The molecule has 0 radical (unpaired) electrons. The highest BCUT2D eigenvalue weighted by atomic mass is 16.3. The molecule has 0 saturated carbocycles. The molecule has 2 aromatic rings. The van der Waals surface area contributed by atoms with Crippen molar-refractivity contribution in [1.82, 2.24) is 0 Å². The molecule has 0 aliphatic carbocycles. The minimum absolute atomic E-state index is 0.384. The van der Waals surface area contributed by atoms with Crippen molar-refractivity contribution in [3.8, 4) is 0 Å². The Hall–Kier alpha value is -2.13. The third-order valence-electron chi connectivity index (χ3n) is 4.12. The van der Waals surface area contributed by atoms with Crippen LogP contribution in [-0.4, -0.2) is 11.0 Å². The zero-order valence-electron chi connectivity index (χ0n) is 11.8. The third kappa shape index (κ3) is 1.60. The maximum Gasteiger partial charge on any atom is 0.265 e. The molecule has 0 aromatic heterocycles. The van der Waals surface area contributed by atoms with Gasteiger partial charge in [-0.25, -0.2) is 0 Å². The molecule has 2 aromatic carbocycles. The molecule has 2 N–H and O–H groups in total. The van der Waals surface area contributed by atoms with E-state index in [9.17, 15) is 9.90 Å². The Morgan fingerprint density at radius 1 is 0.950 bits per heavy atom. The summed E-state index contributed by atoms with van der Waals surface area (Å²) in [5, 5.41) is 13.8. The highest BCUT2D eigenvalue weighted by molar-refractivity contribution is 6.07. The number of amides is 1. The second kappa shape index (κ2) is 4.18. The third-order valence-corrected chi connectivity index (χ3v) is 4.12. The van der Waals surface area contributed by atoms with E-state index in [1.54, 1.807) is 6.07 Å². The van der Waals surface area contributed by atoms with Crippen LogP contribution in [0.3, 0.4) is 0 Å². The minimum atomic E-state index is -1.60. The van der Waals surface area contributed by atoms with Gasteiger partial charge in [-0.15, -0.1) is 0 Å². The lowest BCUT2D eigenvalue weighted by molar-refractivity contribution is -0.129. The van der Waals surface area contributed by atoms with Crippen LogP contribution in [0.15, 0.2) is 36.4 Å². The normalized spacial score (nSPS) is 20.7. The molecule has 3 nitrogen and oxygen atoms in total. The molecule has 0 fully saturated rings. The molecule has 3 heteroatoms. The van der Waals surface area contributed by atoms with Crippen LogP contribution in [0.2, 0.25) is 0 Å². The second-order valence-corrected chi connectivity index (χ2v) is 5.46. The summed E-state index contributed by atoms with van der Waals surface area (Å²) in [5.41, 5.74) is 3.50. The van der Waals surface area contributed by atoms with Gasteiger partial charge in [0.1, 0.15) is 0 Å². The van der Waals surface area contributed by atoms with Crippen molar-refractivity contribution >= 4 is 11.6 Å². The van der Waals surface area contributed by atoms with E-state index in [1.807, 2.05) is 51.1 Å². The second-order valence-electron chi connectivity index (χ2n) is 5.46. The van der Waals surface area contributed by atoms with E-state index in [0.717, 1.165) is 16.7 Å². The molecule has 1 atom stereocenters. The number of nitrogens with one attached hydrogen (secondary N) is 1. The SMILES string of the molecule is Cc1cc(C)c(C2(O)C(=O)Nc3ccccc32)cc1C. The van der Waals surface area contributed by atoms with Crippen LogP contribution >= 0.6 is 0 Å². The van der Waals surface area contributed by atoms with E-state index in [-0.39, 0.29) is 5.91 Å². The van der Waals surface area contributed by atoms with E-state index in [0.29, 0.717) is 16.8 Å². The summed E-state index contributed by atoms with van der Waals surface area (Å²) in [7, 11) is 0.